The molecule has 0 radical (unpaired) electrons. The van der Waals surface area contributed by atoms with Crippen molar-refractivity contribution in [3.8, 4) is 5.75 Å². The van der Waals surface area contributed by atoms with E-state index in [2.05, 4.69) is 14.2 Å². The van der Waals surface area contributed by atoms with Crippen LogP contribution in [0, 0.1) is 0 Å². The molecule has 0 heterocycles. The van der Waals surface area contributed by atoms with E-state index in [4.69, 9.17) is 10.2 Å². The van der Waals surface area contributed by atoms with E-state index >= 15 is 0 Å². The highest BCUT2D eigenvalue weighted by Crippen LogP contribution is 2.25. The molecule has 61 heavy (non-hydrogen) atoms. The van der Waals surface area contributed by atoms with Crippen LogP contribution < -0.4 is 14.2 Å². The lowest BCUT2D eigenvalue weighted by Crippen LogP contribution is -2.17. The lowest BCUT2D eigenvalue weighted by molar-refractivity contribution is -0.274. The highest BCUT2D eigenvalue weighted by atomic mass is 32.2. The number of nitrogens with one attached hydrogen (secondary N) is 2. The fourth-order valence-electron chi connectivity index (χ4n) is 5.65. The van der Waals surface area contributed by atoms with E-state index in [0.29, 0.717) is 24.2 Å². The SMILES string of the molecule is O=C(O)c1ccc(CCc2ccc(NS(=O)(=O)C=Cc3ccccc3)cc2)cc1.O=C(O)c1ccc(CCc2ccc(NS(=O)(=O)c3ccc(OC(F)(F)F)cc3)cc2)cc1. The third-order valence-electron chi connectivity index (χ3n) is 8.83. The van der Waals surface area contributed by atoms with Crippen molar-refractivity contribution >= 4 is 49.4 Å². The van der Waals surface area contributed by atoms with Crippen LogP contribution in [0.5, 0.6) is 5.75 Å². The molecule has 0 saturated carbocycles. The number of aryl methyl sites for hydroxylation is 4. The topological polar surface area (TPSA) is 176 Å². The number of carboxylic acids is 2. The maximum atomic E-state index is 12.5. The van der Waals surface area contributed by atoms with Crippen molar-refractivity contribution in [2.24, 2.45) is 0 Å². The lowest BCUT2D eigenvalue weighted by atomic mass is 10.0. The first kappa shape index (κ1) is 45.2. The zero-order valence-electron chi connectivity index (χ0n) is 32.1. The number of hydrogen-bond acceptors (Lipinski definition) is 7. The van der Waals surface area contributed by atoms with Crippen molar-refractivity contribution in [3.63, 3.8) is 0 Å². The molecule has 0 bridgehead atoms. The second-order valence-corrected chi connectivity index (χ2v) is 16.6. The zero-order chi connectivity index (χ0) is 44.0. The number of alkyl halides is 3. The van der Waals surface area contributed by atoms with Crippen molar-refractivity contribution in [1.29, 1.82) is 0 Å². The number of halogens is 3. The first-order valence-corrected chi connectivity index (χ1v) is 21.4. The number of hydrogen-bond donors (Lipinski definition) is 4. The van der Waals surface area contributed by atoms with Crippen molar-refractivity contribution in [1.82, 2.24) is 0 Å². The Hall–Kier alpha value is -6.91. The molecule has 0 unspecified atom stereocenters. The first-order chi connectivity index (χ1) is 28.9. The fourth-order valence-corrected chi connectivity index (χ4v) is 7.58. The lowest BCUT2D eigenvalue weighted by Gasteiger charge is -2.11. The number of benzene rings is 6. The van der Waals surface area contributed by atoms with Crippen LogP contribution in [0.2, 0.25) is 0 Å². The van der Waals surface area contributed by atoms with Gasteiger partial charge < -0.3 is 14.9 Å². The summed E-state index contributed by atoms with van der Waals surface area (Å²) in [7, 11) is -7.58. The number of rotatable bonds is 16. The maximum Gasteiger partial charge on any atom is 0.573 e. The molecular formula is C45H39F3N2O9S2. The minimum absolute atomic E-state index is 0.207. The molecule has 16 heteroatoms. The Bertz CT molecular complexity index is 2640. The smallest absolute Gasteiger partial charge is 0.478 e. The summed E-state index contributed by atoms with van der Waals surface area (Å²) in [5.41, 5.74) is 6.12. The van der Waals surface area contributed by atoms with Crippen molar-refractivity contribution < 1.29 is 54.5 Å². The van der Waals surface area contributed by atoms with Gasteiger partial charge in [0.1, 0.15) is 5.75 Å². The molecule has 6 rings (SSSR count). The van der Waals surface area contributed by atoms with Gasteiger partial charge in [-0.3, -0.25) is 9.44 Å². The van der Waals surface area contributed by atoms with Crippen molar-refractivity contribution in [3.05, 3.63) is 196 Å². The summed E-state index contributed by atoms with van der Waals surface area (Å²) in [5.74, 6) is -2.44. The summed E-state index contributed by atoms with van der Waals surface area (Å²) < 4.78 is 94.6. The van der Waals surface area contributed by atoms with Gasteiger partial charge in [-0.25, -0.2) is 26.4 Å². The number of sulfonamides is 2. The molecule has 4 N–H and O–H groups in total. The average molecular weight is 873 g/mol. The van der Waals surface area contributed by atoms with Crippen LogP contribution in [0.25, 0.3) is 6.08 Å². The van der Waals surface area contributed by atoms with E-state index in [-0.39, 0.29) is 16.0 Å². The predicted molar refractivity (Wildman–Crippen MR) is 226 cm³/mol. The monoisotopic (exact) mass is 872 g/mol. The molecule has 0 aliphatic rings. The Morgan fingerprint density at radius 2 is 0.934 bits per heavy atom. The Morgan fingerprint density at radius 3 is 1.33 bits per heavy atom. The van der Waals surface area contributed by atoms with Gasteiger partial charge in [-0.1, -0.05) is 78.9 Å². The molecule has 0 aromatic heterocycles. The second-order valence-electron chi connectivity index (χ2n) is 13.4. The van der Waals surface area contributed by atoms with E-state index in [1.807, 2.05) is 54.6 Å². The highest BCUT2D eigenvalue weighted by Gasteiger charge is 2.31. The van der Waals surface area contributed by atoms with Crippen LogP contribution in [0.3, 0.4) is 0 Å². The molecule has 0 fully saturated rings. The quantitative estimate of drug-likeness (QED) is 0.0738. The minimum Gasteiger partial charge on any atom is -0.478 e. The molecule has 0 aliphatic heterocycles. The van der Waals surface area contributed by atoms with E-state index in [1.165, 1.54) is 12.1 Å². The maximum absolute atomic E-state index is 12.5. The summed E-state index contributed by atoms with van der Waals surface area (Å²) in [6.07, 6.45) is -0.426. The van der Waals surface area contributed by atoms with E-state index in [0.717, 1.165) is 70.3 Å². The molecule has 0 amide bonds. The van der Waals surface area contributed by atoms with Gasteiger partial charge in [-0.15, -0.1) is 13.2 Å². The predicted octanol–water partition coefficient (Wildman–Crippen LogP) is 9.45. The normalized spacial score (nSPS) is 11.6. The Kier molecular flexibility index (Phi) is 15.1. The van der Waals surface area contributed by atoms with Gasteiger partial charge in [0.05, 0.1) is 21.4 Å². The molecule has 6 aromatic carbocycles. The van der Waals surface area contributed by atoms with E-state index in [9.17, 15) is 39.6 Å². The van der Waals surface area contributed by atoms with Crippen LogP contribution >= 0.6 is 0 Å². The third kappa shape index (κ3) is 15.0. The summed E-state index contributed by atoms with van der Waals surface area (Å²) in [5, 5.41) is 19.0. The number of carboxylic acid groups (broad SMARTS) is 2. The van der Waals surface area contributed by atoms with Crippen LogP contribution in [-0.2, 0) is 45.7 Å². The summed E-state index contributed by atoms with van der Waals surface area (Å²) in [6.45, 7) is 0. The van der Waals surface area contributed by atoms with Crippen molar-refractivity contribution in [2.45, 2.75) is 36.9 Å². The van der Waals surface area contributed by atoms with E-state index < -0.39 is 44.1 Å². The largest absolute Gasteiger partial charge is 0.573 e. The molecular weight excluding hydrogens is 834 g/mol. The molecule has 6 aromatic rings. The van der Waals surface area contributed by atoms with Crippen LogP contribution in [0.1, 0.15) is 48.5 Å². The number of ether oxygens (including phenoxy) is 1. The van der Waals surface area contributed by atoms with Gasteiger partial charge in [0.25, 0.3) is 20.0 Å². The number of anilines is 2. The zero-order valence-corrected chi connectivity index (χ0v) is 33.8. The Balaban J connectivity index is 0.000000232. The van der Waals surface area contributed by atoms with E-state index in [1.54, 1.807) is 66.7 Å². The highest BCUT2D eigenvalue weighted by molar-refractivity contribution is 7.95. The van der Waals surface area contributed by atoms with Gasteiger partial charge in [0, 0.05) is 11.4 Å². The van der Waals surface area contributed by atoms with Crippen LogP contribution in [0.4, 0.5) is 24.5 Å². The molecule has 0 spiro atoms. The van der Waals surface area contributed by atoms with Gasteiger partial charge >= 0.3 is 18.3 Å². The molecule has 11 nitrogen and oxygen atoms in total. The van der Waals surface area contributed by atoms with Gasteiger partial charge in [-0.05, 0) is 132 Å². The summed E-state index contributed by atoms with van der Waals surface area (Å²) in [6, 6.07) is 40.4. The second kappa shape index (κ2) is 20.4. The van der Waals surface area contributed by atoms with Gasteiger partial charge in [-0.2, -0.15) is 0 Å². The third-order valence-corrected chi connectivity index (χ3v) is 11.2. The Labute approximate surface area is 350 Å². The van der Waals surface area contributed by atoms with Crippen LogP contribution in [-0.4, -0.2) is 45.3 Å². The standard InChI is InChI=1S/C23H21NO4S.C22H18F3NO5S/c25-23(26)21-12-8-19(9-13-21)6-7-20-10-14-22(15-11-20)24-29(27,28)17-16-18-4-2-1-3-5-18;23-22(24,25)31-19-11-13-20(14-12-19)32(29,30)26-18-9-5-16(6-10-18)2-1-15-3-7-17(8-4-15)21(27)28/h1-5,8-17,24H,6-7H2,(H,25,26);3-14,26H,1-2H2,(H,27,28). The molecule has 316 valence electrons. The Morgan fingerprint density at radius 1 is 0.541 bits per heavy atom. The number of carbonyl (C=O) groups is 2. The summed E-state index contributed by atoms with van der Waals surface area (Å²) >= 11 is 0. The molecule has 0 atom stereocenters. The molecule has 0 saturated heterocycles. The summed E-state index contributed by atoms with van der Waals surface area (Å²) in [4.78, 5) is 21.6. The minimum atomic E-state index is -4.86. The van der Waals surface area contributed by atoms with Gasteiger partial charge in [0.15, 0.2) is 0 Å². The number of aromatic carboxylic acids is 2. The van der Waals surface area contributed by atoms with Crippen molar-refractivity contribution in [2.75, 3.05) is 9.44 Å². The van der Waals surface area contributed by atoms with Crippen LogP contribution in [0.15, 0.2) is 162 Å². The fraction of sp³-hybridized carbons (Fsp3) is 0.111. The first-order valence-electron chi connectivity index (χ1n) is 18.4. The molecule has 0 aliphatic carbocycles. The average Bonchev–Trinajstić information content (AvgIpc) is 3.23. The van der Waals surface area contributed by atoms with Gasteiger partial charge in [0.2, 0.25) is 0 Å².